The third-order valence-electron chi connectivity index (χ3n) is 4.56. The number of methoxy groups -OCH3 is 1. The topological polar surface area (TPSA) is 54.7 Å². The summed E-state index contributed by atoms with van der Waals surface area (Å²) < 4.78 is 10.8. The Hall–Kier alpha value is -2.01. The van der Waals surface area contributed by atoms with Gasteiger partial charge in [0.15, 0.2) is 0 Å². The minimum absolute atomic E-state index is 0.152. The lowest BCUT2D eigenvalue weighted by Crippen LogP contribution is -2.57. The first-order chi connectivity index (χ1) is 10.6. The highest BCUT2D eigenvalue weighted by Gasteiger charge is 2.28. The van der Waals surface area contributed by atoms with E-state index in [0.717, 1.165) is 35.4 Å². The van der Waals surface area contributed by atoms with E-state index in [1.165, 1.54) is 0 Å². The summed E-state index contributed by atoms with van der Waals surface area (Å²) in [5.74, 6) is 0.906. The van der Waals surface area contributed by atoms with Gasteiger partial charge >= 0.3 is 0 Å². The van der Waals surface area contributed by atoms with Gasteiger partial charge in [-0.05, 0) is 26.0 Å². The van der Waals surface area contributed by atoms with E-state index < -0.39 is 0 Å². The number of rotatable bonds is 3. The number of amides is 1. The number of fused-ring (bicyclic) bond motifs is 1. The average Bonchev–Trinajstić information content (AvgIpc) is 2.92. The molecule has 1 fully saturated rings. The van der Waals surface area contributed by atoms with Crippen molar-refractivity contribution in [1.29, 1.82) is 0 Å². The number of nitrogens with zero attached hydrogens (tertiary/aromatic N) is 1. The molecule has 1 aliphatic heterocycles. The lowest BCUT2D eigenvalue weighted by molar-refractivity contribution is -0.134. The smallest absolute Gasteiger partial charge is 0.227 e. The lowest BCUT2D eigenvalue weighted by atomic mass is 10.0. The van der Waals surface area contributed by atoms with Crippen molar-refractivity contribution in [3.8, 4) is 5.75 Å². The molecule has 1 aromatic heterocycles. The predicted molar refractivity (Wildman–Crippen MR) is 85.1 cm³/mol. The summed E-state index contributed by atoms with van der Waals surface area (Å²) in [5, 5.41) is 4.37. The summed E-state index contributed by atoms with van der Waals surface area (Å²) in [7, 11) is 1.63. The van der Waals surface area contributed by atoms with Crippen molar-refractivity contribution in [2.24, 2.45) is 0 Å². The van der Waals surface area contributed by atoms with Gasteiger partial charge in [0.05, 0.1) is 19.8 Å². The maximum atomic E-state index is 12.6. The van der Waals surface area contributed by atoms with E-state index in [4.69, 9.17) is 9.15 Å². The Labute approximate surface area is 130 Å². The van der Waals surface area contributed by atoms with Gasteiger partial charge in [-0.2, -0.15) is 0 Å². The fourth-order valence-corrected chi connectivity index (χ4v) is 3.00. The van der Waals surface area contributed by atoms with E-state index in [0.29, 0.717) is 12.5 Å². The molecule has 0 radical (unpaired) electrons. The van der Waals surface area contributed by atoms with E-state index in [2.05, 4.69) is 19.2 Å². The van der Waals surface area contributed by atoms with Crippen LogP contribution in [0, 0.1) is 0 Å². The Bertz CT molecular complexity index is 680. The first-order valence-electron chi connectivity index (χ1n) is 7.67. The number of nitrogens with one attached hydrogen (secondary N) is 1. The summed E-state index contributed by atoms with van der Waals surface area (Å²) in [6.45, 7) is 5.81. The van der Waals surface area contributed by atoms with Gasteiger partial charge in [-0.25, -0.2) is 0 Å². The number of hydrogen-bond donors (Lipinski definition) is 1. The second-order valence-corrected chi connectivity index (χ2v) is 5.87. The molecule has 22 heavy (non-hydrogen) atoms. The van der Waals surface area contributed by atoms with Crippen LogP contribution in [0.25, 0.3) is 11.0 Å². The monoisotopic (exact) mass is 302 g/mol. The van der Waals surface area contributed by atoms with Crippen molar-refractivity contribution in [3.05, 3.63) is 30.0 Å². The molecule has 3 rings (SSSR count). The second-order valence-electron chi connectivity index (χ2n) is 5.87. The van der Waals surface area contributed by atoms with Crippen LogP contribution >= 0.6 is 0 Å². The number of piperazine rings is 1. The summed E-state index contributed by atoms with van der Waals surface area (Å²) in [6, 6.07) is 6.21. The molecule has 2 heterocycles. The molecule has 2 unspecified atom stereocenters. The second kappa shape index (κ2) is 6.01. The van der Waals surface area contributed by atoms with Crippen molar-refractivity contribution in [2.45, 2.75) is 32.4 Å². The van der Waals surface area contributed by atoms with Gasteiger partial charge in [-0.3, -0.25) is 4.79 Å². The number of ether oxygens (including phenoxy) is 1. The van der Waals surface area contributed by atoms with E-state index in [1.807, 2.05) is 23.1 Å². The fraction of sp³-hybridized carbons (Fsp3) is 0.471. The van der Waals surface area contributed by atoms with Crippen LogP contribution in [0.4, 0.5) is 0 Å². The van der Waals surface area contributed by atoms with Crippen molar-refractivity contribution < 1.29 is 13.9 Å². The largest absolute Gasteiger partial charge is 0.497 e. The molecule has 0 bridgehead atoms. The summed E-state index contributed by atoms with van der Waals surface area (Å²) in [6.07, 6.45) is 2.05. The molecular weight excluding hydrogens is 280 g/mol. The first kappa shape index (κ1) is 14.9. The number of benzene rings is 1. The van der Waals surface area contributed by atoms with E-state index in [1.54, 1.807) is 13.4 Å². The molecule has 1 aliphatic rings. The van der Waals surface area contributed by atoms with E-state index in [9.17, 15) is 4.79 Å². The number of hydrogen-bond acceptors (Lipinski definition) is 4. The number of carbonyl (C=O) groups is 1. The van der Waals surface area contributed by atoms with Gasteiger partial charge in [-0.15, -0.1) is 0 Å². The molecule has 0 spiro atoms. The third kappa shape index (κ3) is 2.68. The maximum Gasteiger partial charge on any atom is 0.227 e. The zero-order valence-electron chi connectivity index (χ0n) is 13.3. The average molecular weight is 302 g/mol. The highest BCUT2D eigenvalue weighted by Crippen LogP contribution is 2.26. The van der Waals surface area contributed by atoms with Gasteiger partial charge in [0, 0.05) is 42.2 Å². The highest BCUT2D eigenvalue weighted by molar-refractivity contribution is 5.88. The first-order valence-corrected chi connectivity index (χ1v) is 7.67. The zero-order valence-corrected chi connectivity index (χ0v) is 13.3. The Morgan fingerprint density at radius 2 is 2.27 bits per heavy atom. The summed E-state index contributed by atoms with van der Waals surface area (Å²) in [4.78, 5) is 14.6. The van der Waals surface area contributed by atoms with Crippen molar-refractivity contribution in [2.75, 3.05) is 20.2 Å². The molecule has 5 nitrogen and oxygen atoms in total. The quantitative estimate of drug-likeness (QED) is 0.944. The molecule has 2 atom stereocenters. The Morgan fingerprint density at radius 3 is 3.05 bits per heavy atom. The summed E-state index contributed by atoms with van der Waals surface area (Å²) >= 11 is 0. The lowest BCUT2D eigenvalue weighted by Gasteiger charge is -2.38. The molecule has 0 aliphatic carbocycles. The van der Waals surface area contributed by atoms with Crippen molar-refractivity contribution >= 4 is 16.9 Å². The van der Waals surface area contributed by atoms with Crippen LogP contribution < -0.4 is 10.1 Å². The molecule has 118 valence electrons. The van der Waals surface area contributed by atoms with Crippen molar-refractivity contribution in [3.63, 3.8) is 0 Å². The molecular formula is C17H22N2O3. The molecule has 1 amide bonds. The molecule has 1 saturated heterocycles. The molecule has 1 N–H and O–H groups in total. The van der Waals surface area contributed by atoms with Gasteiger partial charge < -0.3 is 19.4 Å². The Morgan fingerprint density at radius 1 is 1.45 bits per heavy atom. The van der Waals surface area contributed by atoms with E-state index >= 15 is 0 Å². The van der Waals surface area contributed by atoms with Crippen LogP contribution in [-0.2, 0) is 11.2 Å². The van der Waals surface area contributed by atoms with Crippen molar-refractivity contribution in [1.82, 2.24) is 10.2 Å². The SMILES string of the molecule is COc1ccc2c(CC(=O)N3CCNC(C)C3C)coc2c1. The summed E-state index contributed by atoms with van der Waals surface area (Å²) in [5.41, 5.74) is 1.69. The minimum atomic E-state index is 0.152. The number of carbonyl (C=O) groups excluding carboxylic acids is 1. The third-order valence-corrected chi connectivity index (χ3v) is 4.56. The van der Waals surface area contributed by atoms with Crippen LogP contribution in [0.2, 0.25) is 0 Å². The normalized spacial score (nSPS) is 22.0. The fourth-order valence-electron chi connectivity index (χ4n) is 3.00. The maximum absolute atomic E-state index is 12.6. The molecule has 0 saturated carbocycles. The molecule has 2 aromatic rings. The standard InChI is InChI=1S/C17H22N2O3/c1-11-12(2)19(7-6-18-11)17(20)8-13-10-22-16-9-14(21-3)4-5-15(13)16/h4-5,9-12,18H,6-8H2,1-3H3. The van der Waals surface area contributed by atoms with Crippen LogP contribution in [0.1, 0.15) is 19.4 Å². The van der Waals surface area contributed by atoms with Crippen LogP contribution in [-0.4, -0.2) is 43.1 Å². The zero-order chi connectivity index (χ0) is 15.7. The van der Waals surface area contributed by atoms with Crippen LogP contribution in [0.5, 0.6) is 5.75 Å². The Kier molecular flexibility index (Phi) is 4.07. The van der Waals surface area contributed by atoms with E-state index in [-0.39, 0.29) is 11.9 Å². The minimum Gasteiger partial charge on any atom is -0.497 e. The Balaban J connectivity index is 1.79. The van der Waals surface area contributed by atoms with Gasteiger partial charge in [0.1, 0.15) is 11.3 Å². The molecule has 5 heteroatoms. The highest BCUT2D eigenvalue weighted by atomic mass is 16.5. The van der Waals surface area contributed by atoms with Gasteiger partial charge in [-0.1, -0.05) is 0 Å². The van der Waals surface area contributed by atoms with Gasteiger partial charge in [0.2, 0.25) is 5.91 Å². The van der Waals surface area contributed by atoms with Gasteiger partial charge in [0.25, 0.3) is 0 Å². The number of furan rings is 1. The van der Waals surface area contributed by atoms with Crippen LogP contribution in [0.3, 0.4) is 0 Å². The predicted octanol–water partition coefficient (Wildman–Crippen LogP) is 2.19. The van der Waals surface area contributed by atoms with Crippen LogP contribution in [0.15, 0.2) is 28.9 Å². The molecule has 1 aromatic carbocycles.